The second-order valence-electron chi connectivity index (χ2n) is 3.85. The van der Waals surface area contributed by atoms with Gasteiger partial charge in [0, 0.05) is 11.8 Å². The first-order valence-electron chi connectivity index (χ1n) is 5.54. The highest BCUT2D eigenvalue weighted by Gasteiger charge is 2.06. The molecular formula is C14H12FNO3. The van der Waals surface area contributed by atoms with Crippen LogP contribution in [0.15, 0.2) is 42.5 Å². The first-order chi connectivity index (χ1) is 9.10. The van der Waals surface area contributed by atoms with Gasteiger partial charge in [-0.3, -0.25) is 0 Å². The zero-order valence-electron chi connectivity index (χ0n) is 10.2. The van der Waals surface area contributed by atoms with Crippen LogP contribution in [0.5, 0.6) is 5.75 Å². The molecule has 2 N–H and O–H groups in total. The summed E-state index contributed by atoms with van der Waals surface area (Å²) >= 11 is 0. The Hall–Kier alpha value is -2.56. The lowest BCUT2D eigenvalue weighted by Gasteiger charge is -2.09. The van der Waals surface area contributed by atoms with Gasteiger partial charge in [-0.25, -0.2) is 9.18 Å². The molecule has 98 valence electrons. The first kappa shape index (κ1) is 12.9. The van der Waals surface area contributed by atoms with Gasteiger partial charge in [0.05, 0.1) is 18.4 Å². The summed E-state index contributed by atoms with van der Waals surface area (Å²) < 4.78 is 18.6. The van der Waals surface area contributed by atoms with E-state index in [0.717, 1.165) is 0 Å². The molecule has 2 aromatic rings. The lowest BCUT2D eigenvalue weighted by atomic mass is 10.2. The highest BCUT2D eigenvalue weighted by atomic mass is 19.1. The molecule has 2 aromatic carbocycles. The van der Waals surface area contributed by atoms with Crippen LogP contribution in [0.4, 0.5) is 15.8 Å². The Morgan fingerprint density at radius 2 is 1.89 bits per heavy atom. The maximum Gasteiger partial charge on any atom is 0.335 e. The molecule has 19 heavy (non-hydrogen) atoms. The molecule has 0 aromatic heterocycles. The van der Waals surface area contributed by atoms with Crippen LogP contribution in [0.3, 0.4) is 0 Å². The Morgan fingerprint density at radius 1 is 1.21 bits per heavy atom. The van der Waals surface area contributed by atoms with Gasteiger partial charge in [-0.2, -0.15) is 0 Å². The van der Waals surface area contributed by atoms with E-state index in [9.17, 15) is 9.18 Å². The molecule has 0 atom stereocenters. The van der Waals surface area contributed by atoms with Gasteiger partial charge in [-0.1, -0.05) is 0 Å². The largest absolute Gasteiger partial charge is 0.497 e. The Labute approximate surface area is 109 Å². The molecule has 0 bridgehead atoms. The highest BCUT2D eigenvalue weighted by Crippen LogP contribution is 2.24. The lowest BCUT2D eigenvalue weighted by molar-refractivity contribution is 0.0697. The quantitative estimate of drug-likeness (QED) is 0.886. The number of carbonyl (C=O) groups is 1. The van der Waals surface area contributed by atoms with Crippen LogP contribution in [0.2, 0.25) is 0 Å². The number of nitrogens with one attached hydrogen (secondary N) is 1. The van der Waals surface area contributed by atoms with Crippen molar-refractivity contribution in [2.24, 2.45) is 0 Å². The van der Waals surface area contributed by atoms with E-state index in [-0.39, 0.29) is 11.3 Å². The Bertz CT molecular complexity index is 596. The van der Waals surface area contributed by atoms with Gasteiger partial charge in [0.1, 0.15) is 11.6 Å². The van der Waals surface area contributed by atoms with Crippen molar-refractivity contribution in [2.45, 2.75) is 0 Å². The van der Waals surface area contributed by atoms with E-state index < -0.39 is 11.8 Å². The normalized spacial score (nSPS) is 10.0. The minimum atomic E-state index is -1.00. The van der Waals surface area contributed by atoms with E-state index in [2.05, 4.69) is 5.32 Å². The molecule has 5 heteroatoms. The third-order valence-electron chi connectivity index (χ3n) is 2.58. The molecule has 0 aliphatic rings. The summed E-state index contributed by atoms with van der Waals surface area (Å²) in [5.41, 5.74) is 1.04. The smallest absolute Gasteiger partial charge is 0.335 e. The van der Waals surface area contributed by atoms with Gasteiger partial charge in [-0.05, 0) is 36.4 Å². The number of benzene rings is 2. The minimum Gasteiger partial charge on any atom is -0.497 e. The SMILES string of the molecule is COc1ccc(F)c(Nc2ccc(C(=O)O)cc2)c1. The van der Waals surface area contributed by atoms with Crippen LogP contribution in [0, 0.1) is 5.82 Å². The summed E-state index contributed by atoms with van der Waals surface area (Å²) in [5.74, 6) is -0.881. The van der Waals surface area contributed by atoms with Crippen LogP contribution in [-0.4, -0.2) is 18.2 Å². The van der Waals surface area contributed by atoms with E-state index in [1.54, 1.807) is 12.1 Å². The average Bonchev–Trinajstić information content (AvgIpc) is 2.42. The molecule has 0 aliphatic heterocycles. The van der Waals surface area contributed by atoms with Crippen LogP contribution < -0.4 is 10.1 Å². The number of ether oxygens (including phenoxy) is 1. The van der Waals surface area contributed by atoms with Crippen molar-refractivity contribution >= 4 is 17.3 Å². The first-order valence-corrected chi connectivity index (χ1v) is 5.54. The standard InChI is InChI=1S/C14H12FNO3/c1-19-11-6-7-12(15)13(8-11)16-10-4-2-9(3-5-10)14(17)18/h2-8,16H,1H3,(H,17,18). The van der Waals surface area contributed by atoms with Crippen molar-refractivity contribution in [3.63, 3.8) is 0 Å². The fraction of sp³-hybridized carbons (Fsp3) is 0.0714. The van der Waals surface area contributed by atoms with Gasteiger partial charge in [-0.15, -0.1) is 0 Å². The molecule has 0 heterocycles. The van der Waals surface area contributed by atoms with Crippen molar-refractivity contribution in [3.8, 4) is 5.75 Å². The summed E-state index contributed by atoms with van der Waals surface area (Å²) in [6.07, 6.45) is 0. The monoisotopic (exact) mass is 261 g/mol. The fourth-order valence-corrected chi connectivity index (χ4v) is 1.58. The molecule has 0 amide bonds. The molecule has 0 unspecified atom stereocenters. The van der Waals surface area contributed by atoms with Gasteiger partial charge < -0.3 is 15.2 Å². The number of carboxylic acids is 1. The van der Waals surface area contributed by atoms with Crippen molar-refractivity contribution < 1.29 is 19.0 Å². The van der Waals surface area contributed by atoms with Crippen LogP contribution in [0.1, 0.15) is 10.4 Å². The molecule has 4 nitrogen and oxygen atoms in total. The van der Waals surface area contributed by atoms with E-state index in [4.69, 9.17) is 9.84 Å². The predicted molar refractivity (Wildman–Crippen MR) is 69.6 cm³/mol. The summed E-state index contributed by atoms with van der Waals surface area (Å²) in [6, 6.07) is 10.4. The van der Waals surface area contributed by atoms with Gasteiger partial charge >= 0.3 is 5.97 Å². The second kappa shape index (κ2) is 5.39. The number of halogens is 1. The molecular weight excluding hydrogens is 249 g/mol. The number of anilines is 2. The number of methoxy groups -OCH3 is 1. The Morgan fingerprint density at radius 3 is 2.47 bits per heavy atom. The Balaban J connectivity index is 2.23. The minimum absolute atomic E-state index is 0.177. The topological polar surface area (TPSA) is 58.6 Å². The molecule has 2 rings (SSSR count). The zero-order chi connectivity index (χ0) is 13.8. The molecule has 0 fully saturated rings. The zero-order valence-corrected chi connectivity index (χ0v) is 10.2. The number of carboxylic acid groups (broad SMARTS) is 1. The number of hydrogen-bond donors (Lipinski definition) is 2. The van der Waals surface area contributed by atoms with Crippen molar-refractivity contribution in [2.75, 3.05) is 12.4 Å². The summed E-state index contributed by atoms with van der Waals surface area (Å²) in [4.78, 5) is 10.7. The van der Waals surface area contributed by atoms with E-state index in [1.807, 2.05) is 0 Å². The fourth-order valence-electron chi connectivity index (χ4n) is 1.58. The molecule has 0 saturated carbocycles. The predicted octanol–water partition coefficient (Wildman–Crippen LogP) is 3.28. The van der Waals surface area contributed by atoms with Gasteiger partial charge in [0.15, 0.2) is 0 Å². The summed E-state index contributed by atoms with van der Waals surface area (Å²) in [5, 5.41) is 11.6. The van der Waals surface area contributed by atoms with Crippen LogP contribution >= 0.6 is 0 Å². The third-order valence-corrected chi connectivity index (χ3v) is 2.58. The molecule has 0 aliphatic carbocycles. The highest BCUT2D eigenvalue weighted by molar-refractivity contribution is 5.88. The third kappa shape index (κ3) is 3.01. The summed E-state index contributed by atoms with van der Waals surface area (Å²) in [7, 11) is 1.50. The molecule has 0 saturated heterocycles. The lowest BCUT2D eigenvalue weighted by Crippen LogP contribution is -1.98. The average molecular weight is 261 g/mol. The molecule has 0 spiro atoms. The maximum atomic E-state index is 13.6. The van der Waals surface area contributed by atoms with Gasteiger partial charge in [0.25, 0.3) is 0 Å². The number of hydrogen-bond acceptors (Lipinski definition) is 3. The number of aromatic carboxylic acids is 1. The maximum absolute atomic E-state index is 13.6. The second-order valence-corrected chi connectivity index (χ2v) is 3.85. The van der Waals surface area contributed by atoms with E-state index in [1.165, 1.54) is 37.4 Å². The summed E-state index contributed by atoms with van der Waals surface area (Å²) in [6.45, 7) is 0. The van der Waals surface area contributed by atoms with E-state index >= 15 is 0 Å². The van der Waals surface area contributed by atoms with Gasteiger partial charge in [0.2, 0.25) is 0 Å². The Kier molecular flexibility index (Phi) is 3.66. The van der Waals surface area contributed by atoms with E-state index in [0.29, 0.717) is 11.4 Å². The van der Waals surface area contributed by atoms with Crippen LogP contribution in [0.25, 0.3) is 0 Å². The van der Waals surface area contributed by atoms with Crippen LogP contribution in [-0.2, 0) is 0 Å². The van der Waals surface area contributed by atoms with Crippen molar-refractivity contribution in [1.82, 2.24) is 0 Å². The van der Waals surface area contributed by atoms with Crippen molar-refractivity contribution in [3.05, 3.63) is 53.8 Å². The number of rotatable bonds is 4. The van der Waals surface area contributed by atoms with Crippen molar-refractivity contribution in [1.29, 1.82) is 0 Å². The molecule has 0 radical (unpaired) electrons.